The molecule has 0 aromatic heterocycles. The number of amides is 9. The molecule has 0 radical (unpaired) electrons. The van der Waals surface area contributed by atoms with Gasteiger partial charge in [-0.2, -0.15) is 0 Å². The Morgan fingerprint density at radius 2 is 0.807 bits per heavy atom. The number of nitrogens with one attached hydrogen (secondary N) is 9. The van der Waals surface area contributed by atoms with Crippen LogP contribution >= 0.6 is 0 Å². The zero-order chi connectivity index (χ0) is 62.5. The molecule has 0 aliphatic heterocycles. The summed E-state index contributed by atoms with van der Waals surface area (Å²) in [5.74, 6) is -3.34. The zero-order valence-corrected chi connectivity index (χ0v) is 50.8. The topological polar surface area (TPSA) is 416 Å². The summed E-state index contributed by atoms with van der Waals surface area (Å²) in [6, 6.07) is -1.33. The van der Waals surface area contributed by atoms with Gasteiger partial charge in [-0.3, -0.25) is 43.2 Å². The van der Waals surface area contributed by atoms with Gasteiger partial charge in [0.2, 0.25) is 53.2 Å². The monoisotopic (exact) mass is 1190 g/mol. The van der Waals surface area contributed by atoms with Gasteiger partial charge in [0.1, 0.15) is 19.3 Å². The van der Waals surface area contributed by atoms with Crippen LogP contribution in [-0.2, 0) is 62.1 Å². The zero-order valence-electron chi connectivity index (χ0n) is 50.8. The van der Waals surface area contributed by atoms with Gasteiger partial charge in [0, 0.05) is 83.3 Å². The van der Waals surface area contributed by atoms with E-state index in [-0.39, 0.29) is 171 Å². The summed E-state index contributed by atoms with van der Waals surface area (Å²) in [5, 5.41) is 51.5. The van der Waals surface area contributed by atoms with Gasteiger partial charge in [-0.1, -0.05) is 37.0 Å². The maximum atomic E-state index is 13.3. The number of nitrogens with two attached hydrogens (primary N) is 2. The molecule has 0 saturated carbocycles. The molecule has 0 saturated heterocycles. The highest BCUT2D eigenvalue weighted by Gasteiger charge is 2.27. The third-order valence-electron chi connectivity index (χ3n) is 13.6. The van der Waals surface area contributed by atoms with E-state index >= 15 is 0 Å². The fraction of sp³-hybridized carbons (Fsp3) is 0.800. The van der Waals surface area contributed by atoms with Gasteiger partial charge in [-0.05, 0) is 99.3 Å². The minimum atomic E-state index is -0.876. The van der Waals surface area contributed by atoms with Gasteiger partial charge in [-0.25, -0.2) is 0 Å². The molecule has 0 fully saturated rings. The lowest BCUT2D eigenvalue weighted by Gasteiger charge is -2.32. The van der Waals surface area contributed by atoms with Crippen molar-refractivity contribution in [2.24, 2.45) is 33.6 Å². The minimum Gasteiger partial charge on any atom is -0.411 e. The second-order valence-corrected chi connectivity index (χ2v) is 21.6. The maximum absolute atomic E-state index is 13.3. The van der Waals surface area contributed by atoms with Crippen molar-refractivity contribution in [3.8, 4) is 0 Å². The van der Waals surface area contributed by atoms with Crippen molar-refractivity contribution in [2.75, 3.05) is 98.7 Å². The second-order valence-electron chi connectivity index (χ2n) is 21.6. The molecule has 0 aromatic rings. The van der Waals surface area contributed by atoms with Crippen LogP contribution in [0, 0.1) is 11.8 Å². The van der Waals surface area contributed by atoms with Gasteiger partial charge in [0.25, 0.3) is 0 Å². The Morgan fingerprint density at radius 3 is 1.24 bits per heavy atom. The molecule has 15 N–H and O–H groups in total. The van der Waals surface area contributed by atoms with Crippen LogP contribution in [0.5, 0.6) is 0 Å². The fourth-order valence-corrected chi connectivity index (χ4v) is 7.36. The van der Waals surface area contributed by atoms with E-state index in [1.54, 1.807) is 27.7 Å². The number of nitrogens with zero attached hydrogens (tertiary/aromatic N) is 2. The van der Waals surface area contributed by atoms with Crippen LogP contribution in [0.4, 0.5) is 0 Å². The van der Waals surface area contributed by atoms with Gasteiger partial charge in [0.05, 0.1) is 68.2 Å². The van der Waals surface area contributed by atoms with E-state index in [9.17, 15) is 53.6 Å². The first-order valence-electron chi connectivity index (χ1n) is 29.1. The highest BCUT2D eigenvalue weighted by Crippen LogP contribution is 2.11. The number of unbranched alkanes of at least 4 members (excludes halogenated alkanes) is 3. The van der Waals surface area contributed by atoms with Crippen molar-refractivity contribution in [1.29, 1.82) is 0 Å². The Morgan fingerprint density at radius 1 is 0.446 bits per heavy atom. The number of oxime groups is 2. The fourth-order valence-electron chi connectivity index (χ4n) is 7.36. The number of hydrogen-bond donors (Lipinski definition) is 13. The van der Waals surface area contributed by atoms with E-state index in [1.807, 2.05) is 27.7 Å². The molecule has 83 heavy (non-hydrogen) atoms. The van der Waals surface area contributed by atoms with Crippen molar-refractivity contribution in [2.45, 2.75) is 175 Å². The van der Waals surface area contributed by atoms with Gasteiger partial charge in [-0.15, -0.1) is 0 Å². The molecule has 0 aromatic carbocycles. The summed E-state index contributed by atoms with van der Waals surface area (Å²) in [6.07, 6.45) is 6.09. The molecule has 3 atom stereocenters. The van der Waals surface area contributed by atoms with Gasteiger partial charge in [0.15, 0.2) is 0 Å². The van der Waals surface area contributed by atoms with E-state index in [1.165, 1.54) is 0 Å². The molecule has 0 spiro atoms. The number of rotatable bonds is 52. The number of hydrogen-bond acceptors (Lipinski definition) is 19. The molecule has 0 bridgehead atoms. The van der Waals surface area contributed by atoms with Crippen LogP contribution in [0.1, 0.15) is 152 Å². The molecule has 9 amide bonds. The van der Waals surface area contributed by atoms with Crippen molar-refractivity contribution in [3.63, 3.8) is 0 Å². The summed E-state index contributed by atoms with van der Waals surface area (Å²) in [4.78, 5) is 111. The third kappa shape index (κ3) is 41.6. The minimum absolute atomic E-state index is 0.0182. The molecule has 478 valence electrons. The number of carbonyl (C=O) groups is 9. The largest absolute Gasteiger partial charge is 0.411 e. The Bertz CT molecular complexity index is 1960. The van der Waals surface area contributed by atoms with Crippen molar-refractivity contribution < 1.29 is 72.5 Å². The Labute approximate surface area is 490 Å². The Kier molecular flexibility index (Phi) is 42.9. The lowest BCUT2D eigenvalue weighted by molar-refractivity contribution is -0.129. The smallest absolute Gasteiger partial charge is 0.246 e. The summed E-state index contributed by atoms with van der Waals surface area (Å²) in [5.41, 5.74) is 10.1. The molecule has 28 nitrogen and oxygen atoms in total. The molecule has 0 unspecified atom stereocenters. The number of ether oxygens (including phenoxy) is 4. The first kappa shape index (κ1) is 76.9. The third-order valence-corrected chi connectivity index (χ3v) is 13.6. The maximum Gasteiger partial charge on any atom is 0.246 e. The van der Waals surface area contributed by atoms with Crippen LogP contribution in [0.25, 0.3) is 0 Å². The standard InChI is InChI=1S/C55H103N13O15/c1-39(51(56)75)17-9-12-25-59-49(73)37-82-33-32-81-30-28-61-50(74)38-83-34-31-80-29-27-60-46(70)21-15-20-45(69)58-24-14-11-19-44(53(77)62-26-13-10-18-40(2)52(57)76)66-48(72)23-16-22-47(71)65-43(35-63-54(5,6)41(3)67-78)36-64-55(7,8)42(4)68-79/h39-40,43-44,63-64,78-79H,9-38H2,1-8H3,(H2,56,75)(H2,57,76)(H,58,69)(H,59,73)(H,60,70)(H,61,74)(H,62,77)(H,65,71)(H,66,72)/b67-41+,68-42+/t39-,40+,44+/m1/s1. The quantitative estimate of drug-likeness (QED) is 0.0167. The second kappa shape index (κ2) is 46.3. The lowest BCUT2D eigenvalue weighted by Crippen LogP contribution is -2.57. The first-order chi connectivity index (χ1) is 39.3. The SMILES string of the molecule is C/C(=N\O)C(C)(C)NCC(CNC(C)(C)/C(C)=N/O)NC(=O)CCCC(=O)N[C@@H](CCCCNC(=O)CCCC(=O)NCCOCCOCC(=O)NCCOCCOCC(=O)NCCCC[C@@H](C)C(N)=O)C(=O)NCCCC[C@H](C)C(N)=O. The summed E-state index contributed by atoms with van der Waals surface area (Å²) >= 11 is 0. The average Bonchev–Trinajstić information content (AvgIpc) is 3.43. The van der Waals surface area contributed by atoms with Gasteiger partial charge < -0.3 is 88.7 Å². The van der Waals surface area contributed by atoms with Crippen LogP contribution in [0.2, 0.25) is 0 Å². The summed E-state index contributed by atoms with van der Waals surface area (Å²) in [6.45, 7) is 17.5. The van der Waals surface area contributed by atoms with Crippen LogP contribution in [0.15, 0.2) is 10.3 Å². The van der Waals surface area contributed by atoms with Crippen molar-refractivity contribution in [1.82, 2.24) is 47.9 Å². The van der Waals surface area contributed by atoms with Crippen LogP contribution in [-0.4, -0.2) is 197 Å². The predicted octanol–water partition coefficient (Wildman–Crippen LogP) is 0.134. The van der Waals surface area contributed by atoms with E-state index in [0.29, 0.717) is 76.0 Å². The average molecular weight is 1190 g/mol. The molecule has 0 heterocycles. The predicted molar refractivity (Wildman–Crippen MR) is 312 cm³/mol. The van der Waals surface area contributed by atoms with Crippen LogP contribution < -0.4 is 59.3 Å². The number of carbonyl (C=O) groups excluding carboxylic acids is 9. The number of primary amides is 2. The van der Waals surface area contributed by atoms with Crippen LogP contribution in [0.3, 0.4) is 0 Å². The highest BCUT2D eigenvalue weighted by atomic mass is 16.5. The van der Waals surface area contributed by atoms with E-state index in [4.69, 9.17) is 30.4 Å². The summed E-state index contributed by atoms with van der Waals surface area (Å²) in [7, 11) is 0. The molecular weight excluding hydrogens is 1080 g/mol. The first-order valence-corrected chi connectivity index (χ1v) is 29.1. The van der Waals surface area contributed by atoms with Gasteiger partial charge >= 0.3 is 0 Å². The molecule has 28 heteroatoms. The Balaban J connectivity index is 4.57. The Hall–Kier alpha value is -6.07. The van der Waals surface area contributed by atoms with Crippen molar-refractivity contribution in [3.05, 3.63) is 0 Å². The van der Waals surface area contributed by atoms with E-state index < -0.39 is 35.0 Å². The molecule has 0 rings (SSSR count). The van der Waals surface area contributed by atoms with Crippen molar-refractivity contribution >= 4 is 64.6 Å². The molecular formula is C55H103N13O15. The highest BCUT2D eigenvalue weighted by molar-refractivity contribution is 5.91. The normalized spacial score (nSPS) is 13.4. The van der Waals surface area contributed by atoms with E-state index in [0.717, 1.165) is 12.8 Å². The lowest BCUT2D eigenvalue weighted by atomic mass is 9.98. The molecule has 0 aliphatic rings. The molecule has 0 aliphatic carbocycles. The summed E-state index contributed by atoms with van der Waals surface area (Å²) < 4.78 is 21.4. The van der Waals surface area contributed by atoms with E-state index in [2.05, 4.69) is 58.2 Å².